The van der Waals surface area contributed by atoms with Crippen LogP contribution in [0.3, 0.4) is 0 Å². The number of dihydropyridines is 1. The molecule has 2 heterocycles. The van der Waals surface area contributed by atoms with Gasteiger partial charge in [-0.05, 0) is 29.2 Å². The molecule has 2 aliphatic rings. The Kier molecular flexibility index (Phi) is 11.4. The lowest BCUT2D eigenvalue weighted by Crippen LogP contribution is -2.46. The number of nitrogens with zero attached hydrogens (tertiary/aromatic N) is 1. The van der Waals surface area contributed by atoms with Crippen molar-refractivity contribution in [2.75, 3.05) is 40.1 Å². The molecule has 1 saturated heterocycles. The average molecular weight is 738 g/mol. The van der Waals surface area contributed by atoms with E-state index in [9.17, 15) is 19.5 Å². The first kappa shape index (κ1) is 37.8. The zero-order valence-corrected chi connectivity index (χ0v) is 31.1. The zero-order valence-electron chi connectivity index (χ0n) is 30.2. The number of nitro groups is 1. The second kappa shape index (κ2) is 16.0. The Hall–Kier alpha value is -4.90. The van der Waals surface area contributed by atoms with Gasteiger partial charge in [0.25, 0.3) is 5.69 Å². The highest BCUT2D eigenvalue weighted by Crippen LogP contribution is 2.66. The number of hydrogen-bond donors (Lipinski definition) is 2. The smallest absolute Gasteiger partial charge is 0.360 e. The Labute approximate surface area is 309 Å². The van der Waals surface area contributed by atoms with Gasteiger partial charge in [0.2, 0.25) is 0 Å². The van der Waals surface area contributed by atoms with Crippen molar-refractivity contribution in [3.8, 4) is 0 Å². The van der Waals surface area contributed by atoms with Crippen LogP contribution < -0.4 is 10.6 Å². The Morgan fingerprint density at radius 1 is 0.925 bits per heavy atom. The summed E-state index contributed by atoms with van der Waals surface area (Å²) in [7, 11) is -2.74. The van der Waals surface area contributed by atoms with E-state index in [1.54, 1.807) is 13.0 Å². The molecule has 0 saturated carbocycles. The molecule has 2 aliphatic heterocycles. The van der Waals surface area contributed by atoms with Gasteiger partial charge in [-0.1, -0.05) is 117 Å². The molecule has 12 heteroatoms. The van der Waals surface area contributed by atoms with E-state index in [1.807, 2.05) is 68.4 Å². The van der Waals surface area contributed by atoms with Gasteiger partial charge in [-0.2, -0.15) is 0 Å². The van der Waals surface area contributed by atoms with Gasteiger partial charge in [0.1, 0.15) is 0 Å². The van der Waals surface area contributed by atoms with E-state index in [1.165, 1.54) is 25.3 Å². The second-order valence-corrected chi connectivity index (χ2v) is 15.8. The standard InChI is InChI=1S/C41H44N3O8P/c1-29-38(53(48)51-27-40(2,3)28-52-53)36(30-15-14-22-34(25-30)44(46)47)37(39(45)49-4)35(43-29)26-50-24-23-42-41(31-16-8-5-9-17-31,32-18-10-6-11-19-32)33-20-12-7-13-21-33/h5-22,25,36,42-43H,23-24,26-28H2,1-4H3. The fraction of sp³-hybridized carbons (Fsp3) is 0.293. The van der Waals surface area contributed by atoms with Gasteiger partial charge < -0.3 is 23.8 Å². The molecule has 1 atom stereocenters. The Morgan fingerprint density at radius 2 is 1.47 bits per heavy atom. The van der Waals surface area contributed by atoms with Gasteiger partial charge in [0.15, 0.2) is 0 Å². The maximum Gasteiger partial charge on any atom is 0.360 e. The summed E-state index contributed by atoms with van der Waals surface area (Å²) < 4.78 is 38.0. The van der Waals surface area contributed by atoms with Crippen LogP contribution in [-0.2, 0) is 33.4 Å². The van der Waals surface area contributed by atoms with Crippen molar-refractivity contribution in [2.45, 2.75) is 32.2 Å². The van der Waals surface area contributed by atoms with E-state index in [2.05, 4.69) is 47.0 Å². The number of carbonyl (C=O) groups excluding carboxylic acids is 1. The monoisotopic (exact) mass is 737 g/mol. The summed E-state index contributed by atoms with van der Waals surface area (Å²) in [6, 6.07) is 36.6. The molecule has 1 unspecified atom stereocenters. The molecule has 0 radical (unpaired) electrons. The van der Waals surface area contributed by atoms with Crippen LogP contribution in [0.2, 0.25) is 0 Å². The number of methoxy groups -OCH3 is 1. The summed E-state index contributed by atoms with van der Waals surface area (Å²) in [6.07, 6.45) is 0. The van der Waals surface area contributed by atoms with Crippen LogP contribution in [-0.4, -0.2) is 51.0 Å². The largest absolute Gasteiger partial charge is 0.466 e. The summed E-state index contributed by atoms with van der Waals surface area (Å²) in [4.78, 5) is 25.0. The van der Waals surface area contributed by atoms with E-state index in [4.69, 9.17) is 18.5 Å². The highest BCUT2D eigenvalue weighted by molar-refractivity contribution is 7.58. The highest BCUT2D eigenvalue weighted by atomic mass is 31.2. The zero-order chi connectivity index (χ0) is 37.6. The van der Waals surface area contributed by atoms with Crippen LogP contribution in [0.5, 0.6) is 0 Å². The van der Waals surface area contributed by atoms with E-state index in [-0.39, 0.29) is 43.0 Å². The molecule has 0 amide bonds. The predicted octanol–water partition coefficient (Wildman–Crippen LogP) is 7.80. The number of esters is 1. The third-order valence-corrected chi connectivity index (χ3v) is 11.6. The minimum Gasteiger partial charge on any atom is -0.466 e. The van der Waals surface area contributed by atoms with E-state index in [0.29, 0.717) is 23.5 Å². The molecular formula is C41H44N3O8P. The number of rotatable bonds is 13. The maximum absolute atomic E-state index is 14.5. The summed E-state index contributed by atoms with van der Waals surface area (Å²) in [5.41, 5.74) is 3.16. The van der Waals surface area contributed by atoms with Crippen molar-refractivity contribution in [3.63, 3.8) is 0 Å². The number of allylic oxidation sites excluding steroid dienone is 2. The molecule has 53 heavy (non-hydrogen) atoms. The summed E-state index contributed by atoms with van der Waals surface area (Å²) in [6.45, 7) is 6.50. The van der Waals surface area contributed by atoms with Gasteiger partial charge in [0.05, 0.1) is 66.5 Å². The lowest BCUT2D eigenvalue weighted by atomic mass is 9.77. The molecule has 6 rings (SSSR count). The Balaban J connectivity index is 1.32. The van der Waals surface area contributed by atoms with Gasteiger partial charge in [-0.25, -0.2) is 4.79 Å². The van der Waals surface area contributed by atoms with Crippen molar-refractivity contribution in [1.29, 1.82) is 0 Å². The molecule has 1 fully saturated rings. The van der Waals surface area contributed by atoms with Gasteiger partial charge in [0, 0.05) is 29.8 Å². The van der Waals surface area contributed by atoms with Crippen LogP contribution in [0, 0.1) is 15.5 Å². The summed E-state index contributed by atoms with van der Waals surface area (Å²) in [5, 5.41) is 19.1. The van der Waals surface area contributed by atoms with Crippen molar-refractivity contribution in [3.05, 3.63) is 170 Å². The molecule has 11 nitrogen and oxygen atoms in total. The third-order valence-electron chi connectivity index (χ3n) is 9.48. The van der Waals surface area contributed by atoms with E-state index < -0.39 is 35.4 Å². The SMILES string of the molecule is COC(=O)C1=C(COCCNC(c2ccccc2)(c2ccccc2)c2ccccc2)NC(C)=C(P2(=O)OCC(C)(C)CO2)C1c1cccc([N+](=O)[O-])c1. The molecular weight excluding hydrogens is 693 g/mol. The number of ether oxygens (including phenoxy) is 2. The van der Waals surface area contributed by atoms with E-state index >= 15 is 0 Å². The van der Waals surface area contributed by atoms with Crippen LogP contribution in [0.15, 0.2) is 138 Å². The molecule has 0 aromatic heterocycles. The van der Waals surface area contributed by atoms with Crippen molar-refractivity contribution < 1.29 is 32.8 Å². The number of nitrogens with one attached hydrogen (secondary N) is 2. The first-order chi connectivity index (χ1) is 25.5. The van der Waals surface area contributed by atoms with Crippen molar-refractivity contribution in [1.82, 2.24) is 10.6 Å². The minimum atomic E-state index is -3.99. The molecule has 0 bridgehead atoms. The maximum atomic E-state index is 14.5. The average Bonchev–Trinajstić information content (AvgIpc) is 3.18. The normalized spacial score (nSPS) is 18.3. The van der Waals surface area contributed by atoms with Crippen molar-refractivity contribution in [2.24, 2.45) is 5.41 Å². The fourth-order valence-corrected chi connectivity index (χ4v) is 9.40. The topological polar surface area (TPSA) is 138 Å². The predicted molar refractivity (Wildman–Crippen MR) is 202 cm³/mol. The van der Waals surface area contributed by atoms with Gasteiger partial charge in [-0.3, -0.25) is 20.0 Å². The number of hydrogen-bond acceptors (Lipinski definition) is 10. The third kappa shape index (κ3) is 7.90. The molecule has 4 aromatic carbocycles. The van der Waals surface area contributed by atoms with Crippen LogP contribution in [0.25, 0.3) is 0 Å². The van der Waals surface area contributed by atoms with Gasteiger partial charge >= 0.3 is 13.6 Å². The lowest BCUT2D eigenvalue weighted by Gasteiger charge is -2.40. The first-order valence-corrected chi connectivity index (χ1v) is 19.0. The summed E-state index contributed by atoms with van der Waals surface area (Å²) in [5.74, 6) is -1.76. The molecule has 0 aliphatic carbocycles. The van der Waals surface area contributed by atoms with Gasteiger partial charge in [-0.15, -0.1) is 0 Å². The molecule has 2 N–H and O–H groups in total. The summed E-state index contributed by atoms with van der Waals surface area (Å²) >= 11 is 0. The van der Waals surface area contributed by atoms with Crippen molar-refractivity contribution >= 4 is 19.3 Å². The first-order valence-electron chi connectivity index (χ1n) is 17.4. The molecule has 276 valence electrons. The number of non-ortho nitro benzene ring substituents is 1. The fourth-order valence-electron chi connectivity index (χ4n) is 6.95. The van der Waals surface area contributed by atoms with Crippen LogP contribution in [0.4, 0.5) is 5.69 Å². The Morgan fingerprint density at radius 3 is 1.98 bits per heavy atom. The quantitative estimate of drug-likeness (QED) is 0.0349. The Bertz CT molecular complexity index is 1940. The van der Waals surface area contributed by atoms with E-state index in [0.717, 1.165) is 16.7 Å². The van der Waals surface area contributed by atoms with Crippen LogP contribution >= 0.6 is 7.60 Å². The second-order valence-electron chi connectivity index (χ2n) is 13.8. The molecule has 4 aromatic rings. The number of nitro benzene ring substituents is 1. The molecule has 0 spiro atoms. The minimum absolute atomic E-state index is 0.0454. The van der Waals surface area contributed by atoms with Crippen LogP contribution in [0.1, 0.15) is 48.9 Å². The highest BCUT2D eigenvalue weighted by Gasteiger charge is 2.48. The number of carbonyl (C=O) groups is 1. The number of benzene rings is 4. The lowest BCUT2D eigenvalue weighted by molar-refractivity contribution is -0.384.